The number of carbonyl (C=O) groups is 1. The number of hydrogen-bond acceptors (Lipinski definition) is 3. The summed E-state index contributed by atoms with van der Waals surface area (Å²) < 4.78 is 0. The second kappa shape index (κ2) is 7.57. The van der Waals surface area contributed by atoms with Gasteiger partial charge in [-0.1, -0.05) is 24.3 Å². The number of aromatic amines is 1. The maximum absolute atomic E-state index is 13.2. The van der Waals surface area contributed by atoms with Crippen molar-refractivity contribution in [3.8, 4) is 0 Å². The molecule has 1 amide bonds. The maximum Gasteiger partial charge on any atom is 0.223 e. The molecule has 5 heteroatoms. The van der Waals surface area contributed by atoms with Crippen LogP contribution in [0.5, 0.6) is 0 Å². The topological polar surface area (TPSA) is 36.1 Å². The number of amides is 1. The van der Waals surface area contributed by atoms with Crippen molar-refractivity contribution in [3.05, 3.63) is 80.3 Å². The van der Waals surface area contributed by atoms with Crippen LogP contribution >= 0.6 is 22.7 Å². The molecule has 1 aliphatic heterocycles. The molecule has 3 aromatic heterocycles. The van der Waals surface area contributed by atoms with Crippen LogP contribution in [0.4, 0.5) is 0 Å². The van der Waals surface area contributed by atoms with E-state index in [1.165, 1.54) is 31.8 Å². The van der Waals surface area contributed by atoms with Gasteiger partial charge in [-0.2, -0.15) is 0 Å². The standard InChI is InChI=1S/C23H22N2OS2/c26-22(9-3-5-16-15-24-19-7-2-1-6-17(16)19)25-12-10-20-18(11-14-28-20)23(25)21-8-4-13-27-21/h1-2,4,6-8,11,13-15,23-24H,3,5,9-10,12H2. The molecule has 4 heterocycles. The number of thiophene rings is 2. The summed E-state index contributed by atoms with van der Waals surface area (Å²) in [5.41, 5.74) is 3.79. The summed E-state index contributed by atoms with van der Waals surface area (Å²) in [7, 11) is 0. The Morgan fingerprint density at radius 1 is 1.11 bits per heavy atom. The first kappa shape index (κ1) is 17.7. The highest BCUT2D eigenvalue weighted by atomic mass is 32.1. The minimum atomic E-state index is 0.0931. The van der Waals surface area contributed by atoms with Crippen LogP contribution in [0.2, 0.25) is 0 Å². The van der Waals surface area contributed by atoms with Crippen LogP contribution in [-0.4, -0.2) is 22.3 Å². The number of rotatable bonds is 5. The number of carbonyl (C=O) groups excluding carboxylic acids is 1. The Kier molecular flexibility index (Phi) is 4.79. The molecule has 0 fully saturated rings. The smallest absolute Gasteiger partial charge is 0.223 e. The number of aromatic nitrogens is 1. The predicted octanol–water partition coefficient (Wildman–Crippen LogP) is 5.79. The number of H-pyrrole nitrogens is 1. The van der Waals surface area contributed by atoms with Gasteiger partial charge < -0.3 is 9.88 Å². The van der Waals surface area contributed by atoms with E-state index in [9.17, 15) is 4.79 Å². The van der Waals surface area contributed by atoms with Gasteiger partial charge in [-0.25, -0.2) is 0 Å². The molecule has 28 heavy (non-hydrogen) atoms. The number of para-hydroxylation sites is 1. The van der Waals surface area contributed by atoms with Gasteiger partial charge >= 0.3 is 0 Å². The van der Waals surface area contributed by atoms with Gasteiger partial charge in [0.15, 0.2) is 0 Å². The van der Waals surface area contributed by atoms with Crippen molar-refractivity contribution in [2.75, 3.05) is 6.54 Å². The van der Waals surface area contributed by atoms with Gasteiger partial charge in [0.25, 0.3) is 0 Å². The molecule has 1 aliphatic rings. The Labute approximate surface area is 172 Å². The van der Waals surface area contributed by atoms with Gasteiger partial charge in [0, 0.05) is 39.8 Å². The van der Waals surface area contributed by atoms with Crippen LogP contribution in [0, 0.1) is 0 Å². The van der Waals surface area contributed by atoms with E-state index in [2.05, 4.69) is 63.2 Å². The summed E-state index contributed by atoms with van der Waals surface area (Å²) in [5, 5.41) is 5.54. The van der Waals surface area contributed by atoms with Crippen LogP contribution in [0.3, 0.4) is 0 Å². The molecule has 1 N–H and O–H groups in total. The summed E-state index contributed by atoms with van der Waals surface area (Å²) in [4.78, 5) is 21.3. The van der Waals surface area contributed by atoms with Gasteiger partial charge in [0.2, 0.25) is 5.91 Å². The number of nitrogens with zero attached hydrogens (tertiary/aromatic N) is 1. The van der Waals surface area contributed by atoms with Crippen molar-refractivity contribution in [1.29, 1.82) is 0 Å². The normalized spacial score (nSPS) is 16.4. The lowest BCUT2D eigenvalue weighted by Gasteiger charge is -2.35. The lowest BCUT2D eigenvalue weighted by Crippen LogP contribution is -2.39. The Morgan fingerprint density at radius 2 is 2.04 bits per heavy atom. The Morgan fingerprint density at radius 3 is 2.93 bits per heavy atom. The van der Waals surface area contributed by atoms with E-state index < -0.39 is 0 Å². The lowest BCUT2D eigenvalue weighted by molar-refractivity contribution is -0.133. The van der Waals surface area contributed by atoms with Crippen molar-refractivity contribution in [2.45, 2.75) is 31.7 Å². The molecular weight excluding hydrogens is 384 g/mol. The zero-order valence-electron chi connectivity index (χ0n) is 15.6. The number of benzene rings is 1. The van der Waals surface area contributed by atoms with E-state index in [1.54, 1.807) is 11.3 Å². The molecule has 1 aromatic carbocycles. The monoisotopic (exact) mass is 406 g/mol. The minimum absolute atomic E-state index is 0.0931. The first-order valence-electron chi connectivity index (χ1n) is 9.75. The second-order valence-electron chi connectivity index (χ2n) is 7.27. The molecule has 4 aromatic rings. The van der Waals surface area contributed by atoms with Gasteiger partial charge in [-0.05, 0) is 59.3 Å². The SMILES string of the molecule is O=C(CCCc1c[nH]c2ccccc12)N1CCc2sccc2C1c1cccs1. The lowest BCUT2D eigenvalue weighted by atomic mass is 9.97. The maximum atomic E-state index is 13.2. The second-order valence-corrected chi connectivity index (χ2v) is 9.25. The first-order valence-corrected chi connectivity index (χ1v) is 11.5. The van der Waals surface area contributed by atoms with Gasteiger partial charge in [0.05, 0.1) is 6.04 Å². The Hall–Kier alpha value is -2.37. The predicted molar refractivity (Wildman–Crippen MR) is 117 cm³/mol. The molecule has 1 atom stereocenters. The van der Waals surface area contributed by atoms with Gasteiger partial charge in [-0.3, -0.25) is 4.79 Å². The van der Waals surface area contributed by atoms with Crippen LogP contribution < -0.4 is 0 Å². The summed E-state index contributed by atoms with van der Waals surface area (Å²) in [6.45, 7) is 0.821. The van der Waals surface area contributed by atoms with E-state index in [1.807, 2.05) is 17.4 Å². The van der Waals surface area contributed by atoms with Crippen LogP contribution in [0.25, 0.3) is 10.9 Å². The quantitative estimate of drug-likeness (QED) is 0.447. The third kappa shape index (κ3) is 3.19. The van der Waals surface area contributed by atoms with E-state index in [0.29, 0.717) is 6.42 Å². The first-order chi connectivity index (χ1) is 13.8. The molecule has 3 nitrogen and oxygen atoms in total. The van der Waals surface area contributed by atoms with Crippen molar-refractivity contribution < 1.29 is 4.79 Å². The molecule has 0 bridgehead atoms. The zero-order chi connectivity index (χ0) is 18.9. The fraction of sp³-hybridized carbons (Fsp3) is 0.261. The Balaban J connectivity index is 1.30. The van der Waals surface area contributed by atoms with Crippen molar-refractivity contribution in [2.24, 2.45) is 0 Å². The van der Waals surface area contributed by atoms with E-state index in [4.69, 9.17) is 0 Å². The van der Waals surface area contributed by atoms with Gasteiger partial charge in [-0.15, -0.1) is 22.7 Å². The largest absolute Gasteiger partial charge is 0.361 e. The van der Waals surface area contributed by atoms with Crippen molar-refractivity contribution in [3.63, 3.8) is 0 Å². The fourth-order valence-corrected chi connectivity index (χ4v) is 6.01. The molecule has 142 valence electrons. The number of hydrogen-bond donors (Lipinski definition) is 1. The highest BCUT2D eigenvalue weighted by Gasteiger charge is 2.32. The van der Waals surface area contributed by atoms with Crippen LogP contribution in [-0.2, 0) is 17.6 Å². The van der Waals surface area contributed by atoms with Crippen LogP contribution in [0.1, 0.15) is 39.8 Å². The fourth-order valence-electron chi connectivity index (χ4n) is 4.25. The number of nitrogens with one attached hydrogen (secondary N) is 1. The van der Waals surface area contributed by atoms with Crippen LogP contribution in [0.15, 0.2) is 59.4 Å². The molecule has 0 saturated carbocycles. The molecule has 0 spiro atoms. The summed E-state index contributed by atoms with van der Waals surface area (Å²) in [6, 6.07) is 14.9. The average molecular weight is 407 g/mol. The zero-order valence-corrected chi connectivity index (χ0v) is 17.2. The molecule has 0 radical (unpaired) electrons. The average Bonchev–Trinajstić information content (AvgIpc) is 3.47. The van der Waals surface area contributed by atoms with E-state index >= 15 is 0 Å². The molecule has 0 aliphatic carbocycles. The molecule has 0 saturated heterocycles. The van der Waals surface area contributed by atoms with E-state index in [0.717, 1.165) is 25.8 Å². The van der Waals surface area contributed by atoms with Crippen molar-refractivity contribution >= 4 is 39.5 Å². The number of aryl methyl sites for hydroxylation is 1. The molecule has 1 unspecified atom stereocenters. The molecule has 5 rings (SSSR count). The Bertz CT molecular complexity index is 1090. The highest BCUT2D eigenvalue weighted by Crippen LogP contribution is 2.39. The third-order valence-electron chi connectivity index (χ3n) is 5.61. The highest BCUT2D eigenvalue weighted by molar-refractivity contribution is 7.10. The summed E-state index contributed by atoms with van der Waals surface area (Å²) in [5.74, 6) is 0.273. The molecular formula is C23H22N2OS2. The summed E-state index contributed by atoms with van der Waals surface area (Å²) >= 11 is 3.57. The van der Waals surface area contributed by atoms with Gasteiger partial charge in [0.1, 0.15) is 0 Å². The van der Waals surface area contributed by atoms with E-state index in [-0.39, 0.29) is 11.9 Å². The number of fused-ring (bicyclic) bond motifs is 2. The minimum Gasteiger partial charge on any atom is -0.361 e. The van der Waals surface area contributed by atoms with Crippen molar-refractivity contribution in [1.82, 2.24) is 9.88 Å². The third-order valence-corrected chi connectivity index (χ3v) is 7.53. The summed E-state index contributed by atoms with van der Waals surface area (Å²) in [6.07, 6.45) is 5.47.